The molecule has 0 saturated heterocycles. The third-order valence-electron chi connectivity index (χ3n) is 4.25. The van der Waals surface area contributed by atoms with E-state index in [2.05, 4.69) is 21.7 Å². The number of halogens is 3. The van der Waals surface area contributed by atoms with Gasteiger partial charge in [0.25, 0.3) is 5.91 Å². The number of amides is 1. The Morgan fingerprint density at radius 3 is 2.71 bits per heavy atom. The van der Waals surface area contributed by atoms with Crippen molar-refractivity contribution in [3.05, 3.63) is 81.4 Å². The quantitative estimate of drug-likeness (QED) is 0.783. The van der Waals surface area contributed by atoms with E-state index in [1.807, 2.05) is 0 Å². The van der Waals surface area contributed by atoms with Gasteiger partial charge < -0.3 is 10.6 Å². The highest BCUT2D eigenvalue weighted by molar-refractivity contribution is 6.66. The number of nitrogens with zero attached hydrogens (tertiary/aromatic N) is 2. The Bertz CT molecular complexity index is 1040. The minimum absolute atomic E-state index is 0.0109. The Hall–Kier alpha value is -2.88. The van der Waals surface area contributed by atoms with E-state index in [1.165, 1.54) is 18.3 Å². The zero-order valence-electron chi connectivity index (χ0n) is 14.8. The van der Waals surface area contributed by atoms with Crippen LogP contribution in [-0.2, 0) is 0 Å². The fourth-order valence-corrected chi connectivity index (χ4v) is 2.99. The van der Waals surface area contributed by atoms with Gasteiger partial charge >= 0.3 is 0 Å². The van der Waals surface area contributed by atoms with Crippen molar-refractivity contribution in [3.63, 3.8) is 0 Å². The lowest BCUT2D eigenvalue weighted by Crippen LogP contribution is -2.36. The molecule has 3 rings (SSSR count). The minimum Gasteiger partial charge on any atom is -0.379 e. The van der Waals surface area contributed by atoms with Crippen molar-refractivity contribution in [2.45, 2.75) is 13.0 Å². The number of rotatable bonds is 4. The van der Waals surface area contributed by atoms with Gasteiger partial charge in [0.15, 0.2) is 0 Å². The van der Waals surface area contributed by atoms with E-state index in [4.69, 9.17) is 28.5 Å². The van der Waals surface area contributed by atoms with E-state index in [-0.39, 0.29) is 10.9 Å². The largest absolute Gasteiger partial charge is 0.379 e. The van der Waals surface area contributed by atoms with Crippen molar-refractivity contribution in [3.8, 4) is 6.07 Å². The standard InChI is InChI=1S/C20H15Cl2FN4O/c1-11-6-13(2-3-14(11)8-24)20(28)27-19(17-9-26-18(22)10-25-17)12-4-5-15(21)16(23)7-12/h2-7,9,19,25H,10H2,1H3,(H,27,28)/t19-/m1/s1. The maximum Gasteiger partial charge on any atom is 0.252 e. The molecule has 5 nitrogen and oxygen atoms in total. The second-order valence-corrected chi connectivity index (χ2v) is 7.01. The van der Waals surface area contributed by atoms with Crippen molar-refractivity contribution in [2.75, 3.05) is 6.54 Å². The summed E-state index contributed by atoms with van der Waals surface area (Å²) in [6.07, 6.45) is 1.49. The van der Waals surface area contributed by atoms with Crippen LogP contribution in [-0.4, -0.2) is 17.6 Å². The highest BCUT2D eigenvalue weighted by Gasteiger charge is 2.23. The number of aryl methyl sites for hydroxylation is 1. The lowest BCUT2D eigenvalue weighted by molar-refractivity contribution is 0.0941. The molecule has 1 aliphatic heterocycles. The first-order chi connectivity index (χ1) is 13.4. The molecule has 0 radical (unpaired) electrons. The second-order valence-electron chi connectivity index (χ2n) is 6.16. The first-order valence-electron chi connectivity index (χ1n) is 8.31. The van der Waals surface area contributed by atoms with Crippen LogP contribution in [0.1, 0.15) is 33.1 Å². The van der Waals surface area contributed by atoms with E-state index in [0.717, 1.165) is 0 Å². The van der Waals surface area contributed by atoms with E-state index in [9.17, 15) is 9.18 Å². The van der Waals surface area contributed by atoms with Crippen LogP contribution in [0.25, 0.3) is 0 Å². The Balaban J connectivity index is 1.95. The predicted octanol–water partition coefficient (Wildman–Crippen LogP) is 4.21. The summed E-state index contributed by atoms with van der Waals surface area (Å²) in [7, 11) is 0. The molecule has 0 unspecified atom stereocenters. The fourth-order valence-electron chi connectivity index (χ4n) is 2.76. The molecule has 8 heteroatoms. The molecule has 1 heterocycles. The SMILES string of the molecule is Cc1cc(C(=O)N[C@@H](C2=CN=C(Cl)CN2)c2ccc(Cl)c(F)c2)ccc1C#N. The maximum absolute atomic E-state index is 14.0. The summed E-state index contributed by atoms with van der Waals surface area (Å²) < 4.78 is 14.0. The molecule has 1 amide bonds. The molecule has 0 fully saturated rings. The van der Waals surface area contributed by atoms with Gasteiger partial charge in [0.05, 0.1) is 34.9 Å². The summed E-state index contributed by atoms with van der Waals surface area (Å²) in [5.74, 6) is -0.970. The highest BCUT2D eigenvalue weighted by atomic mass is 35.5. The second kappa shape index (κ2) is 8.42. The van der Waals surface area contributed by atoms with Gasteiger partial charge in [-0.15, -0.1) is 0 Å². The average molecular weight is 417 g/mol. The van der Waals surface area contributed by atoms with Crippen LogP contribution in [0.5, 0.6) is 0 Å². The topological polar surface area (TPSA) is 77.3 Å². The molecule has 0 aliphatic carbocycles. The highest BCUT2D eigenvalue weighted by Crippen LogP contribution is 2.26. The monoisotopic (exact) mass is 416 g/mol. The Kier molecular flexibility index (Phi) is 5.98. The third kappa shape index (κ3) is 4.33. The summed E-state index contributed by atoms with van der Waals surface area (Å²) in [5, 5.41) is 15.4. The third-order valence-corrected chi connectivity index (χ3v) is 4.79. The van der Waals surface area contributed by atoms with Crippen LogP contribution in [0.4, 0.5) is 4.39 Å². The molecule has 142 valence electrons. The zero-order chi connectivity index (χ0) is 20.3. The lowest BCUT2D eigenvalue weighted by atomic mass is 10.0. The van der Waals surface area contributed by atoms with Crippen molar-refractivity contribution < 1.29 is 9.18 Å². The Morgan fingerprint density at radius 1 is 1.32 bits per heavy atom. The molecule has 0 aromatic heterocycles. The van der Waals surface area contributed by atoms with Gasteiger partial charge in [-0.1, -0.05) is 29.3 Å². The van der Waals surface area contributed by atoms with Crippen molar-refractivity contribution >= 4 is 34.3 Å². The number of nitrogens with one attached hydrogen (secondary N) is 2. The number of carbonyl (C=O) groups is 1. The van der Waals surface area contributed by atoms with E-state index >= 15 is 0 Å². The summed E-state index contributed by atoms with van der Waals surface area (Å²) in [5.41, 5.74) is 2.62. The molecule has 0 bridgehead atoms. The lowest BCUT2D eigenvalue weighted by Gasteiger charge is -2.25. The smallest absolute Gasteiger partial charge is 0.252 e. The first kappa shape index (κ1) is 19.9. The molecular weight excluding hydrogens is 402 g/mol. The molecule has 0 spiro atoms. The van der Waals surface area contributed by atoms with Crippen LogP contribution in [0.3, 0.4) is 0 Å². The molecule has 2 N–H and O–H groups in total. The number of aliphatic imine (C=N–C) groups is 1. The molecule has 2 aromatic rings. The van der Waals surface area contributed by atoms with Gasteiger partial charge in [-0.2, -0.15) is 5.26 Å². The van der Waals surface area contributed by atoms with Gasteiger partial charge in [-0.05, 0) is 48.4 Å². The van der Waals surface area contributed by atoms with Crippen LogP contribution in [0, 0.1) is 24.1 Å². The van der Waals surface area contributed by atoms with E-state index < -0.39 is 11.9 Å². The van der Waals surface area contributed by atoms with Crippen LogP contribution in [0.15, 0.2) is 53.3 Å². The molecule has 1 atom stereocenters. The number of nitriles is 1. The van der Waals surface area contributed by atoms with Crippen LogP contribution < -0.4 is 10.6 Å². The summed E-state index contributed by atoms with van der Waals surface area (Å²) in [6.45, 7) is 2.05. The molecule has 1 aliphatic rings. The first-order valence-corrected chi connectivity index (χ1v) is 9.07. The Morgan fingerprint density at radius 2 is 2.11 bits per heavy atom. The van der Waals surface area contributed by atoms with Gasteiger partial charge in [0.2, 0.25) is 0 Å². The zero-order valence-corrected chi connectivity index (χ0v) is 16.3. The maximum atomic E-state index is 14.0. The normalized spacial score (nSPS) is 14.2. The van der Waals surface area contributed by atoms with Gasteiger partial charge in [0, 0.05) is 11.8 Å². The van der Waals surface area contributed by atoms with Gasteiger partial charge in [-0.3, -0.25) is 4.79 Å². The molecule has 0 saturated carbocycles. The number of benzene rings is 2. The summed E-state index contributed by atoms with van der Waals surface area (Å²) in [6, 6.07) is 10.5. The summed E-state index contributed by atoms with van der Waals surface area (Å²) >= 11 is 11.7. The minimum atomic E-state index is -0.691. The van der Waals surface area contributed by atoms with Crippen molar-refractivity contribution in [1.82, 2.24) is 10.6 Å². The van der Waals surface area contributed by atoms with Crippen LogP contribution in [0.2, 0.25) is 5.02 Å². The Labute approximate surface area is 171 Å². The number of hydrogen-bond acceptors (Lipinski definition) is 4. The van der Waals surface area contributed by atoms with Gasteiger partial charge in [-0.25, -0.2) is 9.38 Å². The van der Waals surface area contributed by atoms with Gasteiger partial charge in [0.1, 0.15) is 11.0 Å². The number of carbonyl (C=O) groups excluding carboxylic acids is 1. The molecule has 2 aromatic carbocycles. The van der Waals surface area contributed by atoms with E-state index in [1.54, 1.807) is 31.2 Å². The molecule has 28 heavy (non-hydrogen) atoms. The van der Waals surface area contributed by atoms with E-state index in [0.29, 0.717) is 39.7 Å². The fraction of sp³-hybridized carbons (Fsp3) is 0.150. The number of hydrogen-bond donors (Lipinski definition) is 2. The van der Waals surface area contributed by atoms with Crippen LogP contribution >= 0.6 is 23.2 Å². The average Bonchev–Trinajstić information content (AvgIpc) is 2.69. The van der Waals surface area contributed by atoms with Crippen molar-refractivity contribution in [2.24, 2.45) is 4.99 Å². The predicted molar refractivity (Wildman–Crippen MR) is 107 cm³/mol. The van der Waals surface area contributed by atoms with Crippen molar-refractivity contribution in [1.29, 1.82) is 5.26 Å². The molecular formula is C20H15Cl2FN4O. The summed E-state index contributed by atoms with van der Waals surface area (Å²) in [4.78, 5) is 16.9.